The lowest BCUT2D eigenvalue weighted by Gasteiger charge is -2.44. The van der Waals surface area contributed by atoms with Crippen molar-refractivity contribution in [3.8, 4) is 5.75 Å². The molecule has 1 aromatic carbocycles. The molecule has 2 fully saturated rings. The summed E-state index contributed by atoms with van der Waals surface area (Å²) < 4.78 is 11.9. The summed E-state index contributed by atoms with van der Waals surface area (Å²) in [6.45, 7) is 3.84. The Balaban J connectivity index is 1.54. The molecule has 2 amide bonds. The normalized spacial score (nSPS) is 25.5. The first-order valence-corrected chi connectivity index (χ1v) is 9.54. The van der Waals surface area contributed by atoms with Gasteiger partial charge in [-0.25, -0.2) is 0 Å². The summed E-state index contributed by atoms with van der Waals surface area (Å²) in [5.74, 6) is 0.820. The Bertz CT molecular complexity index is 699. The number of benzene rings is 1. The number of hydrogen-bond acceptors (Lipinski definition) is 4. The Morgan fingerprint density at radius 2 is 2.08 bits per heavy atom. The number of carbonyl (C=O) groups excluding carboxylic acids is 2. The quantitative estimate of drug-likeness (QED) is 0.899. The highest BCUT2D eigenvalue weighted by molar-refractivity contribution is 5.88. The molecule has 0 bridgehead atoms. The van der Waals surface area contributed by atoms with Crippen molar-refractivity contribution >= 4 is 11.8 Å². The van der Waals surface area contributed by atoms with Crippen molar-refractivity contribution in [2.45, 2.75) is 56.7 Å². The molecule has 0 aromatic heterocycles. The van der Waals surface area contributed by atoms with Gasteiger partial charge in [0.2, 0.25) is 11.8 Å². The first kappa shape index (κ1) is 17.3. The molecule has 1 N–H and O–H groups in total. The van der Waals surface area contributed by atoms with Gasteiger partial charge in [-0.3, -0.25) is 9.59 Å². The lowest BCUT2D eigenvalue weighted by Crippen LogP contribution is -2.51. The van der Waals surface area contributed by atoms with E-state index >= 15 is 0 Å². The number of ether oxygens (including phenoxy) is 2. The Morgan fingerprint density at radius 1 is 1.31 bits per heavy atom. The third kappa shape index (κ3) is 3.18. The minimum Gasteiger partial charge on any atom is -0.487 e. The minimum absolute atomic E-state index is 0.0703. The van der Waals surface area contributed by atoms with Crippen molar-refractivity contribution in [1.82, 2.24) is 10.2 Å². The predicted molar refractivity (Wildman–Crippen MR) is 95.8 cm³/mol. The van der Waals surface area contributed by atoms with Gasteiger partial charge < -0.3 is 19.7 Å². The molecule has 3 heterocycles. The number of nitrogens with one attached hydrogen (secondary N) is 1. The fourth-order valence-electron chi connectivity index (χ4n) is 4.31. The summed E-state index contributed by atoms with van der Waals surface area (Å²) in [7, 11) is 0. The van der Waals surface area contributed by atoms with Crippen LogP contribution >= 0.6 is 0 Å². The second kappa shape index (κ2) is 6.91. The molecule has 0 radical (unpaired) electrons. The van der Waals surface area contributed by atoms with E-state index in [4.69, 9.17) is 9.47 Å². The summed E-state index contributed by atoms with van der Waals surface area (Å²) in [5.41, 5.74) is 0.731. The fourth-order valence-corrected chi connectivity index (χ4v) is 4.31. The second-order valence-electron chi connectivity index (χ2n) is 7.57. The molecule has 6 nitrogen and oxygen atoms in total. The van der Waals surface area contributed by atoms with E-state index in [0.717, 1.165) is 37.0 Å². The second-order valence-corrected chi connectivity index (χ2v) is 7.57. The maximum Gasteiger partial charge on any atom is 0.243 e. The van der Waals surface area contributed by atoms with Crippen molar-refractivity contribution in [2.24, 2.45) is 0 Å². The van der Waals surface area contributed by atoms with E-state index in [1.807, 2.05) is 31.2 Å². The largest absolute Gasteiger partial charge is 0.487 e. The third-order valence-electron chi connectivity index (χ3n) is 5.87. The van der Waals surface area contributed by atoms with Gasteiger partial charge in [0.05, 0.1) is 19.3 Å². The summed E-state index contributed by atoms with van der Waals surface area (Å²) in [6.07, 6.45) is 3.77. The molecule has 3 aliphatic heterocycles. The monoisotopic (exact) mass is 358 g/mol. The van der Waals surface area contributed by atoms with Crippen LogP contribution < -0.4 is 10.1 Å². The van der Waals surface area contributed by atoms with Crippen LogP contribution in [0, 0.1) is 0 Å². The van der Waals surface area contributed by atoms with E-state index in [-0.39, 0.29) is 23.5 Å². The first-order chi connectivity index (χ1) is 12.6. The predicted octanol–water partition coefficient (Wildman–Crippen LogP) is 2.19. The van der Waals surface area contributed by atoms with Crippen molar-refractivity contribution in [3.63, 3.8) is 0 Å². The zero-order valence-corrected chi connectivity index (χ0v) is 15.2. The Kier molecular flexibility index (Phi) is 4.61. The van der Waals surface area contributed by atoms with Crippen LogP contribution in [0.4, 0.5) is 0 Å². The summed E-state index contributed by atoms with van der Waals surface area (Å²) >= 11 is 0. The molecule has 3 aliphatic rings. The van der Waals surface area contributed by atoms with Gasteiger partial charge >= 0.3 is 0 Å². The molecular weight excluding hydrogens is 332 g/mol. The van der Waals surface area contributed by atoms with E-state index in [0.29, 0.717) is 26.2 Å². The van der Waals surface area contributed by atoms with Gasteiger partial charge in [0.25, 0.3) is 0 Å². The number of amides is 2. The van der Waals surface area contributed by atoms with Crippen LogP contribution in [0.1, 0.15) is 50.6 Å². The van der Waals surface area contributed by atoms with Gasteiger partial charge in [-0.05, 0) is 19.4 Å². The average molecular weight is 358 g/mol. The number of nitrogens with zero attached hydrogens (tertiary/aromatic N) is 1. The van der Waals surface area contributed by atoms with Crippen LogP contribution in [0.2, 0.25) is 0 Å². The summed E-state index contributed by atoms with van der Waals surface area (Å²) in [5, 5.41) is 3.19. The van der Waals surface area contributed by atoms with Crippen LogP contribution in [-0.2, 0) is 14.3 Å². The number of para-hydroxylation sites is 1. The van der Waals surface area contributed by atoms with Crippen LogP contribution in [0.15, 0.2) is 24.3 Å². The molecule has 0 saturated carbocycles. The topological polar surface area (TPSA) is 67.9 Å². The summed E-state index contributed by atoms with van der Waals surface area (Å²) in [4.78, 5) is 26.5. The molecule has 140 valence electrons. The van der Waals surface area contributed by atoms with E-state index in [9.17, 15) is 9.59 Å². The molecule has 0 aliphatic carbocycles. The van der Waals surface area contributed by atoms with Crippen LogP contribution in [0.25, 0.3) is 0 Å². The van der Waals surface area contributed by atoms with Crippen molar-refractivity contribution in [1.29, 1.82) is 0 Å². The number of carbonyl (C=O) groups is 2. The highest BCUT2D eigenvalue weighted by atomic mass is 16.5. The highest BCUT2D eigenvalue weighted by Gasteiger charge is 2.43. The maximum absolute atomic E-state index is 12.9. The first-order valence-electron chi connectivity index (χ1n) is 9.54. The van der Waals surface area contributed by atoms with Gasteiger partial charge in [0.15, 0.2) is 0 Å². The lowest BCUT2D eigenvalue weighted by molar-refractivity contribution is -0.137. The number of rotatable bonds is 3. The fraction of sp³-hybridized carbons (Fsp3) is 0.600. The van der Waals surface area contributed by atoms with Crippen molar-refractivity contribution in [2.75, 3.05) is 19.8 Å². The molecule has 2 saturated heterocycles. The summed E-state index contributed by atoms with van der Waals surface area (Å²) in [6, 6.07) is 7.37. The molecule has 26 heavy (non-hydrogen) atoms. The molecule has 0 unspecified atom stereocenters. The van der Waals surface area contributed by atoms with Crippen molar-refractivity contribution in [3.05, 3.63) is 29.8 Å². The molecule has 6 heteroatoms. The minimum atomic E-state index is -0.439. The Hall–Kier alpha value is -2.08. The zero-order chi connectivity index (χ0) is 18.1. The van der Waals surface area contributed by atoms with Gasteiger partial charge in [-0.2, -0.15) is 0 Å². The molecule has 1 spiro atoms. The molecule has 2 atom stereocenters. The standard InChI is InChI=1S/C20H26N2O4/c1-14(22-10-4-7-18(22)23)19(24)21-16-13-20(8-11-25-12-9-20)26-17-6-3-2-5-15(16)17/h2-3,5-6,14,16H,4,7-13H2,1H3,(H,21,24)/t14-,16+/m1/s1. The van der Waals surface area contributed by atoms with Gasteiger partial charge in [-0.1, -0.05) is 18.2 Å². The SMILES string of the molecule is C[C@H](C(=O)N[C@H]1CC2(CCOCC2)Oc2ccccc21)N1CCCC1=O. The number of likely N-dealkylation sites (tertiary alicyclic amines) is 1. The van der Waals surface area contributed by atoms with E-state index < -0.39 is 6.04 Å². The third-order valence-corrected chi connectivity index (χ3v) is 5.87. The smallest absolute Gasteiger partial charge is 0.243 e. The maximum atomic E-state index is 12.9. The van der Waals surface area contributed by atoms with Crippen LogP contribution in [-0.4, -0.2) is 48.1 Å². The van der Waals surface area contributed by atoms with E-state index in [1.165, 1.54) is 0 Å². The highest BCUT2D eigenvalue weighted by Crippen LogP contribution is 2.43. The number of fused-ring (bicyclic) bond motifs is 1. The molecule has 4 rings (SSSR count). The zero-order valence-electron chi connectivity index (χ0n) is 15.2. The lowest BCUT2D eigenvalue weighted by atomic mass is 9.82. The molecule has 1 aromatic rings. The number of hydrogen-bond donors (Lipinski definition) is 1. The van der Waals surface area contributed by atoms with Gasteiger partial charge in [0, 0.05) is 37.8 Å². The van der Waals surface area contributed by atoms with Crippen molar-refractivity contribution < 1.29 is 19.1 Å². The van der Waals surface area contributed by atoms with E-state index in [1.54, 1.807) is 4.90 Å². The van der Waals surface area contributed by atoms with Gasteiger partial charge in [-0.15, -0.1) is 0 Å². The van der Waals surface area contributed by atoms with Gasteiger partial charge in [0.1, 0.15) is 17.4 Å². The Labute approximate surface area is 153 Å². The van der Waals surface area contributed by atoms with Crippen LogP contribution in [0.3, 0.4) is 0 Å². The molecular formula is C20H26N2O4. The Morgan fingerprint density at radius 3 is 2.81 bits per heavy atom. The van der Waals surface area contributed by atoms with E-state index in [2.05, 4.69) is 5.32 Å². The average Bonchev–Trinajstić information content (AvgIpc) is 3.07. The van der Waals surface area contributed by atoms with Crippen LogP contribution in [0.5, 0.6) is 5.75 Å².